The van der Waals surface area contributed by atoms with Crippen LogP contribution in [0.25, 0.3) is 0 Å². The van der Waals surface area contributed by atoms with Crippen LogP contribution in [0.4, 0.5) is 5.69 Å². The number of carbonyl (C=O) groups is 1. The van der Waals surface area contributed by atoms with Gasteiger partial charge in [-0.2, -0.15) is 0 Å². The molecule has 2 aliphatic rings. The van der Waals surface area contributed by atoms with Gasteiger partial charge in [0.25, 0.3) is 0 Å². The SMILES string of the molecule is CN1C(=O)[C@]2(CCN[C@H]2c2ccc(O)cc2)c2ccccc21. The molecule has 1 spiro atoms. The molecule has 4 rings (SSSR count). The van der Waals surface area contributed by atoms with E-state index in [1.807, 2.05) is 37.4 Å². The van der Waals surface area contributed by atoms with Crippen molar-refractivity contribution in [1.29, 1.82) is 0 Å². The molecule has 2 atom stereocenters. The first-order valence-corrected chi connectivity index (χ1v) is 7.54. The van der Waals surface area contributed by atoms with E-state index in [0.717, 1.165) is 29.8 Å². The molecule has 1 fully saturated rings. The van der Waals surface area contributed by atoms with E-state index in [4.69, 9.17) is 0 Å². The van der Waals surface area contributed by atoms with Crippen LogP contribution in [-0.4, -0.2) is 24.6 Å². The average molecular weight is 294 g/mol. The van der Waals surface area contributed by atoms with Gasteiger partial charge >= 0.3 is 0 Å². The van der Waals surface area contributed by atoms with Crippen molar-refractivity contribution in [3.8, 4) is 5.75 Å². The van der Waals surface area contributed by atoms with Gasteiger partial charge in [-0.25, -0.2) is 0 Å². The summed E-state index contributed by atoms with van der Waals surface area (Å²) in [6.07, 6.45) is 0.790. The van der Waals surface area contributed by atoms with Crippen LogP contribution in [0.5, 0.6) is 5.75 Å². The number of nitrogens with one attached hydrogen (secondary N) is 1. The third kappa shape index (κ3) is 1.58. The Labute approximate surface area is 129 Å². The Morgan fingerprint density at radius 3 is 2.68 bits per heavy atom. The van der Waals surface area contributed by atoms with Crippen LogP contribution >= 0.6 is 0 Å². The van der Waals surface area contributed by atoms with E-state index in [-0.39, 0.29) is 17.7 Å². The number of phenolic OH excluding ortho intramolecular Hbond substituents is 1. The maximum Gasteiger partial charge on any atom is 0.239 e. The highest BCUT2D eigenvalue weighted by Gasteiger charge is 2.57. The largest absolute Gasteiger partial charge is 0.508 e. The highest BCUT2D eigenvalue weighted by atomic mass is 16.3. The summed E-state index contributed by atoms with van der Waals surface area (Å²) in [5, 5.41) is 13.0. The number of hydrogen-bond acceptors (Lipinski definition) is 3. The molecule has 1 saturated heterocycles. The van der Waals surface area contributed by atoms with Gasteiger partial charge in [0.2, 0.25) is 5.91 Å². The molecule has 2 aliphatic heterocycles. The third-order valence-corrected chi connectivity index (χ3v) is 5.02. The lowest BCUT2D eigenvalue weighted by Gasteiger charge is -2.30. The van der Waals surface area contributed by atoms with E-state index >= 15 is 0 Å². The topological polar surface area (TPSA) is 52.6 Å². The Hall–Kier alpha value is -2.33. The van der Waals surface area contributed by atoms with E-state index in [9.17, 15) is 9.90 Å². The van der Waals surface area contributed by atoms with E-state index in [1.54, 1.807) is 17.0 Å². The van der Waals surface area contributed by atoms with E-state index in [1.165, 1.54) is 0 Å². The predicted molar refractivity (Wildman–Crippen MR) is 85.0 cm³/mol. The second-order valence-corrected chi connectivity index (χ2v) is 6.08. The lowest BCUT2D eigenvalue weighted by atomic mass is 9.73. The number of fused-ring (bicyclic) bond motifs is 2. The first-order valence-electron chi connectivity index (χ1n) is 7.54. The minimum Gasteiger partial charge on any atom is -0.508 e. The Morgan fingerprint density at radius 1 is 1.18 bits per heavy atom. The Bertz CT molecular complexity index is 741. The highest BCUT2D eigenvalue weighted by molar-refractivity contribution is 6.08. The lowest BCUT2D eigenvalue weighted by molar-refractivity contribution is -0.123. The summed E-state index contributed by atoms with van der Waals surface area (Å²) in [4.78, 5) is 14.8. The fourth-order valence-corrected chi connectivity index (χ4v) is 3.99. The Kier molecular flexibility index (Phi) is 2.78. The zero-order valence-electron chi connectivity index (χ0n) is 12.4. The number of benzene rings is 2. The standard InChI is InChI=1S/C18H18N2O2/c1-20-15-5-3-2-4-14(15)18(17(20)22)10-11-19-16(18)12-6-8-13(21)9-7-12/h2-9,16,19,21H,10-11H2,1H3/t16-,18+/m0/s1. The smallest absolute Gasteiger partial charge is 0.239 e. The molecule has 2 heterocycles. The predicted octanol–water partition coefficient (Wildman–Crippen LogP) is 2.34. The van der Waals surface area contributed by atoms with Gasteiger partial charge in [0.1, 0.15) is 5.75 Å². The number of nitrogens with zero attached hydrogens (tertiary/aromatic N) is 1. The van der Waals surface area contributed by atoms with Crippen LogP contribution in [0, 0.1) is 0 Å². The summed E-state index contributed by atoms with van der Waals surface area (Å²) in [7, 11) is 1.85. The number of aromatic hydroxyl groups is 1. The number of phenols is 1. The fraction of sp³-hybridized carbons (Fsp3) is 0.278. The van der Waals surface area contributed by atoms with Crippen molar-refractivity contribution in [2.75, 3.05) is 18.5 Å². The monoisotopic (exact) mass is 294 g/mol. The van der Waals surface area contributed by atoms with Crippen molar-refractivity contribution in [1.82, 2.24) is 5.32 Å². The van der Waals surface area contributed by atoms with Gasteiger partial charge in [-0.15, -0.1) is 0 Å². The van der Waals surface area contributed by atoms with Crippen molar-refractivity contribution in [3.05, 3.63) is 59.7 Å². The van der Waals surface area contributed by atoms with Crippen molar-refractivity contribution < 1.29 is 9.90 Å². The molecule has 0 aromatic heterocycles. The van der Waals surface area contributed by atoms with Crippen LogP contribution in [0.1, 0.15) is 23.6 Å². The zero-order chi connectivity index (χ0) is 15.3. The third-order valence-electron chi connectivity index (χ3n) is 5.02. The minimum atomic E-state index is -0.539. The molecule has 4 heteroatoms. The van der Waals surface area contributed by atoms with Gasteiger partial charge < -0.3 is 15.3 Å². The highest BCUT2D eigenvalue weighted by Crippen LogP contribution is 2.52. The zero-order valence-corrected chi connectivity index (χ0v) is 12.4. The van der Waals surface area contributed by atoms with Crippen molar-refractivity contribution in [3.63, 3.8) is 0 Å². The molecule has 2 aromatic rings. The van der Waals surface area contributed by atoms with Crippen molar-refractivity contribution in [2.24, 2.45) is 0 Å². The summed E-state index contributed by atoms with van der Waals surface area (Å²) >= 11 is 0. The van der Waals surface area contributed by atoms with E-state index in [0.29, 0.717) is 0 Å². The number of carbonyl (C=O) groups excluding carboxylic acids is 1. The maximum absolute atomic E-state index is 13.1. The number of hydrogen-bond donors (Lipinski definition) is 2. The minimum absolute atomic E-state index is 0.0632. The molecule has 0 aliphatic carbocycles. The number of para-hydroxylation sites is 1. The summed E-state index contributed by atoms with van der Waals surface area (Å²) in [5.74, 6) is 0.392. The van der Waals surface area contributed by atoms with Gasteiger partial charge in [-0.05, 0) is 42.3 Å². The van der Waals surface area contributed by atoms with Crippen LogP contribution < -0.4 is 10.2 Å². The second-order valence-electron chi connectivity index (χ2n) is 6.08. The summed E-state index contributed by atoms with van der Waals surface area (Å²) in [6, 6.07) is 15.1. The molecule has 0 unspecified atom stereocenters. The molecule has 4 nitrogen and oxygen atoms in total. The molecule has 112 valence electrons. The first-order chi connectivity index (χ1) is 10.6. The van der Waals surface area contributed by atoms with Gasteiger partial charge in [0.05, 0.1) is 11.5 Å². The number of anilines is 1. The fourth-order valence-electron chi connectivity index (χ4n) is 3.99. The molecular formula is C18H18N2O2. The molecule has 0 bridgehead atoms. The van der Waals surface area contributed by atoms with Crippen molar-refractivity contribution in [2.45, 2.75) is 17.9 Å². The second kappa shape index (κ2) is 4.58. The normalized spacial score (nSPS) is 26.7. The van der Waals surface area contributed by atoms with Gasteiger partial charge in [-0.1, -0.05) is 30.3 Å². The maximum atomic E-state index is 13.1. The van der Waals surface area contributed by atoms with E-state index in [2.05, 4.69) is 11.4 Å². The summed E-state index contributed by atoms with van der Waals surface area (Å²) < 4.78 is 0. The summed E-state index contributed by atoms with van der Waals surface area (Å²) in [5.41, 5.74) is 2.60. The van der Waals surface area contributed by atoms with E-state index < -0.39 is 5.41 Å². The van der Waals surface area contributed by atoms with Crippen molar-refractivity contribution >= 4 is 11.6 Å². The van der Waals surface area contributed by atoms with Crippen LogP contribution in [0.2, 0.25) is 0 Å². The average Bonchev–Trinajstić information content (AvgIpc) is 3.07. The van der Waals surface area contributed by atoms with Crippen LogP contribution in [0.15, 0.2) is 48.5 Å². The first kappa shape index (κ1) is 13.3. The molecule has 2 aromatic carbocycles. The lowest BCUT2D eigenvalue weighted by Crippen LogP contribution is -2.42. The molecule has 2 N–H and O–H groups in total. The quantitative estimate of drug-likeness (QED) is 0.849. The molecule has 0 radical (unpaired) electrons. The van der Waals surface area contributed by atoms with Crippen LogP contribution in [-0.2, 0) is 10.2 Å². The molecule has 1 amide bonds. The number of likely N-dealkylation sites (N-methyl/N-ethyl adjacent to an activating group) is 1. The van der Waals surface area contributed by atoms with Gasteiger partial charge in [0.15, 0.2) is 0 Å². The summed E-state index contributed by atoms with van der Waals surface area (Å²) in [6.45, 7) is 0.805. The molecule has 0 saturated carbocycles. The van der Waals surface area contributed by atoms with Gasteiger partial charge in [0, 0.05) is 12.7 Å². The number of amides is 1. The Morgan fingerprint density at radius 2 is 1.91 bits per heavy atom. The molecular weight excluding hydrogens is 276 g/mol. The Balaban J connectivity index is 1.89. The molecule has 22 heavy (non-hydrogen) atoms. The van der Waals surface area contributed by atoms with Gasteiger partial charge in [-0.3, -0.25) is 4.79 Å². The number of rotatable bonds is 1. The van der Waals surface area contributed by atoms with Crippen LogP contribution in [0.3, 0.4) is 0 Å².